The van der Waals surface area contributed by atoms with Crippen LogP contribution in [0.3, 0.4) is 0 Å². The molecule has 1 saturated heterocycles. The molecular weight excluding hydrogens is 699 g/mol. The van der Waals surface area contributed by atoms with E-state index in [0.717, 1.165) is 66.2 Å². The summed E-state index contributed by atoms with van der Waals surface area (Å²) >= 11 is 0. The Morgan fingerprint density at radius 3 is 1.78 bits per heavy atom. The number of halogens is 9. The van der Waals surface area contributed by atoms with E-state index >= 15 is 0 Å². The Kier molecular flexibility index (Phi) is 14.2. The van der Waals surface area contributed by atoms with Crippen LogP contribution in [0.15, 0.2) is 61.3 Å². The standard InChI is InChI=1S/C23H24N6.3C2HF3O2/c1-28-16-26-23-21(28)13-20(27-22(23)18-5-4-9-24-14-18)17-7-11-29(12-8-17)15-19-6-2-3-10-25-19;3*3-2(4,5)1(6)7/h2-6,9-10,13-14,16-17H,7-8,11-12,15H2,1H3;3*(H,6,7). The number of likely N-dealkylation sites (tertiary alicyclic amines) is 1. The van der Waals surface area contributed by atoms with Crippen molar-refractivity contribution < 1.29 is 69.2 Å². The lowest BCUT2D eigenvalue weighted by atomic mass is 9.92. The minimum atomic E-state index is -5.08. The van der Waals surface area contributed by atoms with Crippen molar-refractivity contribution >= 4 is 28.9 Å². The summed E-state index contributed by atoms with van der Waals surface area (Å²) in [6, 6.07) is 12.4. The average molecular weight is 727 g/mol. The number of imidazole rings is 1. The summed E-state index contributed by atoms with van der Waals surface area (Å²) in [5.74, 6) is -7.81. The second-order valence-electron chi connectivity index (χ2n) is 10.1. The molecule has 0 radical (unpaired) electrons. The third-order valence-electron chi connectivity index (χ3n) is 6.51. The average Bonchev–Trinajstić information content (AvgIpc) is 3.42. The number of rotatable bonds is 4. The molecule has 21 heteroatoms. The minimum Gasteiger partial charge on any atom is -0.475 e. The van der Waals surface area contributed by atoms with Crippen LogP contribution in [0.5, 0.6) is 0 Å². The molecule has 0 amide bonds. The number of fused-ring (bicyclic) bond motifs is 1. The van der Waals surface area contributed by atoms with E-state index < -0.39 is 36.4 Å². The van der Waals surface area contributed by atoms with Gasteiger partial charge in [0.2, 0.25) is 0 Å². The summed E-state index contributed by atoms with van der Waals surface area (Å²) in [5, 5.41) is 21.4. The van der Waals surface area contributed by atoms with E-state index in [1.807, 2.05) is 37.9 Å². The summed E-state index contributed by atoms with van der Waals surface area (Å²) in [4.78, 5) is 47.6. The van der Waals surface area contributed by atoms with Gasteiger partial charge in [-0.3, -0.25) is 19.9 Å². The number of hydrogen-bond donors (Lipinski definition) is 3. The topological polar surface area (TPSA) is 172 Å². The second kappa shape index (κ2) is 17.4. The van der Waals surface area contributed by atoms with Crippen molar-refractivity contribution in [3.8, 4) is 11.3 Å². The Bertz CT molecular complexity index is 1650. The number of aliphatic carboxylic acids is 3. The molecule has 3 N–H and O–H groups in total. The number of piperidine rings is 1. The molecule has 50 heavy (non-hydrogen) atoms. The number of aryl methyl sites for hydroxylation is 1. The summed E-state index contributed by atoms with van der Waals surface area (Å²) in [6.07, 6.45) is -5.64. The lowest BCUT2D eigenvalue weighted by Gasteiger charge is -2.31. The Balaban J connectivity index is 0.000000338. The zero-order valence-electron chi connectivity index (χ0n) is 25.5. The van der Waals surface area contributed by atoms with E-state index in [1.165, 1.54) is 0 Å². The maximum absolute atomic E-state index is 10.6. The van der Waals surface area contributed by atoms with Crippen molar-refractivity contribution in [2.24, 2.45) is 7.05 Å². The van der Waals surface area contributed by atoms with Gasteiger partial charge in [0.15, 0.2) is 0 Å². The van der Waals surface area contributed by atoms with Crippen LogP contribution in [0.1, 0.15) is 30.1 Å². The largest absolute Gasteiger partial charge is 0.490 e. The maximum Gasteiger partial charge on any atom is 0.490 e. The molecule has 0 aliphatic carbocycles. The SMILES string of the molecule is Cn1cnc2c(-c3cccnc3)nc(C3CCN(Cc4ccccn4)CC3)cc21.O=C(O)C(F)(F)F.O=C(O)C(F)(F)F.O=C(O)C(F)(F)F. The number of carbonyl (C=O) groups is 3. The smallest absolute Gasteiger partial charge is 0.475 e. The molecule has 272 valence electrons. The van der Waals surface area contributed by atoms with Crippen LogP contribution in [0.2, 0.25) is 0 Å². The van der Waals surface area contributed by atoms with Gasteiger partial charge in [-0.05, 0) is 56.3 Å². The predicted molar refractivity (Wildman–Crippen MR) is 154 cm³/mol. The molecule has 4 aromatic rings. The fourth-order valence-electron chi connectivity index (χ4n) is 4.17. The molecule has 0 unspecified atom stereocenters. The molecule has 12 nitrogen and oxygen atoms in total. The van der Waals surface area contributed by atoms with Crippen LogP contribution in [-0.4, -0.2) is 94.2 Å². The Morgan fingerprint density at radius 1 is 0.800 bits per heavy atom. The first kappa shape index (κ1) is 40.8. The number of carboxylic acids is 3. The molecule has 1 aliphatic heterocycles. The minimum absolute atomic E-state index is 0.463. The van der Waals surface area contributed by atoms with E-state index in [0.29, 0.717) is 5.92 Å². The molecular formula is C29H27F9N6O6. The van der Waals surface area contributed by atoms with Crippen LogP contribution in [0, 0.1) is 0 Å². The Hall–Kier alpha value is -5.34. The Labute approximate surface area is 275 Å². The van der Waals surface area contributed by atoms with Gasteiger partial charge < -0.3 is 19.9 Å². The van der Waals surface area contributed by atoms with Crippen LogP contribution < -0.4 is 0 Å². The van der Waals surface area contributed by atoms with E-state index in [9.17, 15) is 39.5 Å². The first-order chi connectivity index (χ1) is 23.1. The lowest BCUT2D eigenvalue weighted by Crippen LogP contribution is -2.33. The summed E-state index contributed by atoms with van der Waals surface area (Å²) in [6.45, 7) is 3.05. The fourth-order valence-corrected chi connectivity index (χ4v) is 4.17. The van der Waals surface area contributed by atoms with Crippen LogP contribution >= 0.6 is 0 Å². The van der Waals surface area contributed by atoms with Gasteiger partial charge >= 0.3 is 36.4 Å². The first-order valence-electron chi connectivity index (χ1n) is 13.9. The van der Waals surface area contributed by atoms with Crippen LogP contribution in [0.4, 0.5) is 39.5 Å². The molecule has 5 heterocycles. The molecule has 0 saturated carbocycles. The molecule has 0 spiro atoms. The maximum atomic E-state index is 10.6. The molecule has 5 rings (SSSR count). The van der Waals surface area contributed by atoms with Crippen molar-refractivity contribution in [3.05, 3.63) is 72.7 Å². The summed E-state index contributed by atoms with van der Waals surface area (Å²) in [5.41, 5.74) is 6.33. The van der Waals surface area contributed by atoms with Gasteiger partial charge in [0, 0.05) is 49.4 Å². The summed E-state index contributed by atoms with van der Waals surface area (Å²) < 4.78 is 97.3. The molecule has 0 atom stereocenters. The normalized spacial score (nSPS) is 13.9. The number of carboxylic acid groups (broad SMARTS) is 3. The van der Waals surface area contributed by atoms with Crippen LogP contribution in [-0.2, 0) is 28.0 Å². The van der Waals surface area contributed by atoms with Crippen LogP contribution in [0.25, 0.3) is 22.3 Å². The van der Waals surface area contributed by atoms with Crippen molar-refractivity contribution in [1.82, 2.24) is 29.4 Å². The second-order valence-corrected chi connectivity index (χ2v) is 10.1. The van der Waals surface area contributed by atoms with Crippen molar-refractivity contribution in [2.45, 2.75) is 43.8 Å². The van der Waals surface area contributed by atoms with E-state index in [-0.39, 0.29) is 0 Å². The third-order valence-corrected chi connectivity index (χ3v) is 6.51. The van der Waals surface area contributed by atoms with E-state index in [4.69, 9.17) is 34.7 Å². The number of alkyl halides is 9. The number of pyridine rings is 3. The van der Waals surface area contributed by atoms with Crippen molar-refractivity contribution in [2.75, 3.05) is 13.1 Å². The zero-order valence-corrected chi connectivity index (χ0v) is 25.5. The predicted octanol–water partition coefficient (Wildman–Crippen LogP) is 5.70. The lowest BCUT2D eigenvalue weighted by molar-refractivity contribution is -0.193. The highest BCUT2D eigenvalue weighted by Crippen LogP contribution is 2.33. The van der Waals surface area contributed by atoms with Gasteiger partial charge in [0.1, 0.15) is 5.52 Å². The zero-order chi connectivity index (χ0) is 37.9. The van der Waals surface area contributed by atoms with Gasteiger partial charge in [-0.15, -0.1) is 0 Å². The number of hydrogen-bond acceptors (Lipinski definition) is 8. The monoisotopic (exact) mass is 726 g/mol. The summed E-state index contributed by atoms with van der Waals surface area (Å²) in [7, 11) is 2.04. The van der Waals surface area contributed by atoms with Crippen molar-refractivity contribution in [1.29, 1.82) is 0 Å². The van der Waals surface area contributed by atoms with Crippen molar-refractivity contribution in [3.63, 3.8) is 0 Å². The molecule has 1 aliphatic rings. The van der Waals surface area contributed by atoms with Gasteiger partial charge in [0.05, 0.1) is 23.2 Å². The quantitative estimate of drug-likeness (QED) is 0.220. The molecule has 0 aromatic carbocycles. The Morgan fingerprint density at radius 2 is 1.34 bits per heavy atom. The molecule has 1 fully saturated rings. The van der Waals surface area contributed by atoms with E-state index in [1.54, 1.807) is 6.20 Å². The highest BCUT2D eigenvalue weighted by molar-refractivity contribution is 5.89. The highest BCUT2D eigenvalue weighted by Gasteiger charge is 2.39. The van der Waals surface area contributed by atoms with Gasteiger partial charge in [-0.2, -0.15) is 39.5 Å². The van der Waals surface area contributed by atoms with E-state index in [2.05, 4.69) is 48.7 Å². The fraction of sp³-hybridized carbons (Fsp3) is 0.345. The third kappa shape index (κ3) is 12.9. The molecule has 0 bridgehead atoms. The van der Waals surface area contributed by atoms with Gasteiger partial charge in [-0.1, -0.05) is 6.07 Å². The highest BCUT2D eigenvalue weighted by atomic mass is 19.4. The van der Waals surface area contributed by atoms with Gasteiger partial charge in [-0.25, -0.2) is 19.4 Å². The number of nitrogens with zero attached hydrogens (tertiary/aromatic N) is 6. The number of aromatic nitrogens is 5. The van der Waals surface area contributed by atoms with Gasteiger partial charge in [0.25, 0.3) is 0 Å². The first-order valence-corrected chi connectivity index (χ1v) is 13.9. The molecule has 4 aromatic heterocycles.